The number of hydrogen-bond acceptors (Lipinski definition) is 3. The Labute approximate surface area is 160 Å². The molecule has 0 saturated carbocycles. The quantitative estimate of drug-likeness (QED) is 0.430. The fourth-order valence-corrected chi connectivity index (χ4v) is 3.70. The number of rotatable bonds is 14. The Morgan fingerprint density at radius 3 is 1.57 bits per heavy atom. The van der Waals surface area contributed by atoms with Gasteiger partial charge in [0.05, 0.1) is 0 Å². The van der Waals surface area contributed by atoms with Crippen molar-refractivity contribution in [1.29, 1.82) is 0 Å². The molecule has 1 aromatic rings. The summed E-state index contributed by atoms with van der Waals surface area (Å²) >= 11 is 2.04. The van der Waals surface area contributed by atoms with Crippen molar-refractivity contribution >= 4 is 36.2 Å². The zero-order valence-electron chi connectivity index (χ0n) is 14.9. The second-order valence-electron chi connectivity index (χ2n) is 5.90. The first kappa shape index (κ1) is 25.4. The molecule has 1 rings (SSSR count). The van der Waals surface area contributed by atoms with Gasteiger partial charge in [0.2, 0.25) is 0 Å². The Bertz CT molecular complexity index is 346. The Kier molecular flexibility index (Phi) is 20.5. The second kappa shape index (κ2) is 18.5. The van der Waals surface area contributed by atoms with Crippen LogP contribution in [0.3, 0.4) is 0 Å². The maximum Gasteiger partial charge on any atom is 0.00481 e. The topological polar surface area (TPSA) is 24.1 Å². The summed E-state index contributed by atoms with van der Waals surface area (Å²) in [6.07, 6.45) is 13.4. The van der Waals surface area contributed by atoms with Crippen molar-refractivity contribution in [2.24, 2.45) is 0 Å². The summed E-state index contributed by atoms with van der Waals surface area (Å²) < 4.78 is 0. The van der Waals surface area contributed by atoms with Crippen LogP contribution in [0.4, 0.5) is 0 Å². The molecule has 138 valence electrons. The van der Waals surface area contributed by atoms with Crippen molar-refractivity contribution in [2.75, 3.05) is 27.2 Å². The first-order chi connectivity index (χ1) is 10.4. The molecule has 0 aliphatic heterocycles. The minimum atomic E-state index is 0. The predicted molar refractivity (Wildman–Crippen MR) is 111 cm³/mol. The lowest BCUT2D eigenvalue weighted by Crippen LogP contribution is -2.07. The molecule has 1 aromatic heterocycles. The van der Waals surface area contributed by atoms with Gasteiger partial charge in [-0.3, -0.25) is 0 Å². The molecule has 0 aromatic carbocycles. The van der Waals surface area contributed by atoms with E-state index in [1.165, 1.54) is 70.8 Å². The van der Waals surface area contributed by atoms with Crippen LogP contribution in [0, 0.1) is 0 Å². The van der Waals surface area contributed by atoms with Gasteiger partial charge in [-0.15, -0.1) is 36.2 Å². The summed E-state index contributed by atoms with van der Waals surface area (Å²) in [5.41, 5.74) is 0. The van der Waals surface area contributed by atoms with E-state index in [9.17, 15) is 0 Å². The summed E-state index contributed by atoms with van der Waals surface area (Å²) in [6.45, 7) is 2.32. The standard InChI is InChI=1S/C18H34N2S.2ClH/c1-19-15-9-6-4-3-5-7-11-17-13-14-18(21-17)12-8-10-16-20-2;;/h13-14,19-20H,3-12,15-16H2,1-2H3;2*1H. The third-order valence-corrected chi connectivity index (χ3v) is 5.12. The zero-order valence-corrected chi connectivity index (χ0v) is 17.3. The van der Waals surface area contributed by atoms with Crippen LogP contribution in [0.2, 0.25) is 0 Å². The van der Waals surface area contributed by atoms with E-state index < -0.39 is 0 Å². The van der Waals surface area contributed by atoms with Gasteiger partial charge in [0, 0.05) is 9.75 Å². The van der Waals surface area contributed by atoms with Gasteiger partial charge in [-0.05, 0) is 77.8 Å². The van der Waals surface area contributed by atoms with Crippen LogP contribution in [0.25, 0.3) is 0 Å². The number of unbranched alkanes of at least 4 members (excludes halogenated alkanes) is 6. The number of aryl methyl sites for hydroxylation is 2. The van der Waals surface area contributed by atoms with E-state index in [4.69, 9.17) is 0 Å². The van der Waals surface area contributed by atoms with Crippen LogP contribution >= 0.6 is 36.2 Å². The molecule has 0 saturated heterocycles. The molecule has 0 bridgehead atoms. The van der Waals surface area contributed by atoms with Gasteiger partial charge in [0.15, 0.2) is 0 Å². The molecular weight excluding hydrogens is 347 g/mol. The highest BCUT2D eigenvalue weighted by Gasteiger charge is 2.00. The van der Waals surface area contributed by atoms with Gasteiger partial charge in [-0.1, -0.05) is 25.7 Å². The number of thiophene rings is 1. The zero-order chi connectivity index (χ0) is 15.2. The lowest BCUT2D eigenvalue weighted by Gasteiger charge is -2.01. The van der Waals surface area contributed by atoms with Gasteiger partial charge in [0.1, 0.15) is 0 Å². The van der Waals surface area contributed by atoms with Crippen molar-refractivity contribution in [3.63, 3.8) is 0 Å². The van der Waals surface area contributed by atoms with Gasteiger partial charge in [-0.25, -0.2) is 0 Å². The van der Waals surface area contributed by atoms with E-state index in [0.717, 1.165) is 6.54 Å². The van der Waals surface area contributed by atoms with E-state index in [0.29, 0.717) is 0 Å². The number of hydrogen-bond donors (Lipinski definition) is 2. The molecule has 0 aliphatic rings. The minimum Gasteiger partial charge on any atom is -0.320 e. The van der Waals surface area contributed by atoms with Crippen molar-refractivity contribution in [2.45, 2.75) is 64.2 Å². The Balaban J connectivity index is 0. The molecule has 0 spiro atoms. The van der Waals surface area contributed by atoms with Crippen LogP contribution in [0.5, 0.6) is 0 Å². The number of halogens is 2. The second-order valence-corrected chi connectivity index (χ2v) is 7.16. The smallest absolute Gasteiger partial charge is 0.00481 e. The van der Waals surface area contributed by atoms with Crippen LogP contribution in [0.1, 0.15) is 61.1 Å². The van der Waals surface area contributed by atoms with Gasteiger partial charge < -0.3 is 10.6 Å². The molecule has 0 amide bonds. The van der Waals surface area contributed by atoms with E-state index in [1.54, 1.807) is 9.75 Å². The normalized spacial score (nSPS) is 10.2. The molecule has 0 atom stereocenters. The van der Waals surface area contributed by atoms with Crippen molar-refractivity contribution in [3.05, 3.63) is 21.9 Å². The minimum absolute atomic E-state index is 0. The molecule has 0 aliphatic carbocycles. The van der Waals surface area contributed by atoms with Crippen LogP contribution in [0.15, 0.2) is 12.1 Å². The van der Waals surface area contributed by atoms with Crippen molar-refractivity contribution < 1.29 is 0 Å². The third kappa shape index (κ3) is 14.3. The SMILES string of the molecule is CNCCCCCCCCc1ccc(CCCCNC)s1.Cl.Cl. The van der Waals surface area contributed by atoms with Crippen molar-refractivity contribution in [1.82, 2.24) is 10.6 Å². The molecule has 0 radical (unpaired) electrons. The van der Waals surface area contributed by atoms with E-state index in [2.05, 4.69) is 22.8 Å². The average molecular weight is 383 g/mol. The molecular formula is C18H36Cl2N2S. The maximum absolute atomic E-state index is 3.21. The summed E-state index contributed by atoms with van der Waals surface area (Å²) in [5.74, 6) is 0. The molecule has 2 N–H and O–H groups in total. The van der Waals surface area contributed by atoms with E-state index >= 15 is 0 Å². The first-order valence-electron chi connectivity index (χ1n) is 8.73. The fourth-order valence-electron chi connectivity index (χ4n) is 2.60. The highest BCUT2D eigenvalue weighted by molar-refractivity contribution is 7.11. The monoisotopic (exact) mass is 382 g/mol. The van der Waals surface area contributed by atoms with E-state index in [1.807, 2.05) is 25.4 Å². The molecule has 23 heavy (non-hydrogen) atoms. The third-order valence-electron chi connectivity index (χ3n) is 3.92. The predicted octanol–water partition coefficient (Wildman–Crippen LogP) is 5.24. The highest BCUT2D eigenvalue weighted by atomic mass is 35.5. The van der Waals surface area contributed by atoms with Crippen LogP contribution in [-0.4, -0.2) is 27.2 Å². The van der Waals surface area contributed by atoms with E-state index in [-0.39, 0.29) is 24.8 Å². The van der Waals surface area contributed by atoms with Crippen LogP contribution < -0.4 is 10.6 Å². The van der Waals surface area contributed by atoms with Crippen LogP contribution in [-0.2, 0) is 12.8 Å². The van der Waals surface area contributed by atoms with Gasteiger partial charge in [0.25, 0.3) is 0 Å². The summed E-state index contributed by atoms with van der Waals surface area (Å²) in [7, 11) is 4.07. The summed E-state index contributed by atoms with van der Waals surface area (Å²) in [4.78, 5) is 3.17. The molecule has 0 fully saturated rings. The largest absolute Gasteiger partial charge is 0.320 e. The first-order valence-corrected chi connectivity index (χ1v) is 9.55. The molecule has 0 unspecified atom stereocenters. The maximum atomic E-state index is 3.21. The fraction of sp³-hybridized carbons (Fsp3) is 0.778. The summed E-state index contributed by atoms with van der Waals surface area (Å²) in [5, 5.41) is 6.43. The highest BCUT2D eigenvalue weighted by Crippen LogP contribution is 2.21. The van der Waals surface area contributed by atoms with Crippen molar-refractivity contribution in [3.8, 4) is 0 Å². The Morgan fingerprint density at radius 2 is 1.04 bits per heavy atom. The lowest BCUT2D eigenvalue weighted by atomic mass is 10.1. The summed E-state index contributed by atoms with van der Waals surface area (Å²) in [6, 6.07) is 4.70. The number of nitrogens with one attached hydrogen (secondary N) is 2. The molecule has 1 heterocycles. The molecule has 2 nitrogen and oxygen atoms in total. The van der Waals surface area contributed by atoms with Gasteiger partial charge >= 0.3 is 0 Å². The average Bonchev–Trinajstić information content (AvgIpc) is 2.94. The van der Waals surface area contributed by atoms with Gasteiger partial charge in [-0.2, -0.15) is 0 Å². The lowest BCUT2D eigenvalue weighted by molar-refractivity contribution is 0.583. The molecule has 5 heteroatoms. The Hall–Kier alpha value is 0.200. The Morgan fingerprint density at radius 1 is 0.652 bits per heavy atom.